The van der Waals surface area contributed by atoms with Crippen molar-refractivity contribution in [2.45, 2.75) is 12.0 Å². The third-order valence-corrected chi connectivity index (χ3v) is 6.27. The average molecular weight is 284 g/mol. The van der Waals surface area contributed by atoms with Crippen molar-refractivity contribution in [2.75, 3.05) is 46.1 Å². The van der Waals surface area contributed by atoms with Crippen LogP contribution in [0.2, 0.25) is 0 Å². The summed E-state index contributed by atoms with van der Waals surface area (Å²) in [4.78, 5) is 18.0. The van der Waals surface area contributed by atoms with Crippen molar-refractivity contribution in [1.29, 1.82) is 0 Å². The number of rotatable bonds is 3. The van der Waals surface area contributed by atoms with Crippen LogP contribution in [0.25, 0.3) is 0 Å². The number of carbonyl (C=O) groups excluding carboxylic acids is 1. The molecule has 5 rings (SSSR count). The first kappa shape index (κ1) is 12.3. The highest BCUT2D eigenvalue weighted by Gasteiger charge is 2.68. The van der Waals surface area contributed by atoms with Crippen molar-refractivity contribution in [3.63, 3.8) is 0 Å². The lowest BCUT2D eigenvalue weighted by Crippen LogP contribution is -2.60. The molecule has 110 valence electrons. The van der Waals surface area contributed by atoms with Gasteiger partial charge < -0.3 is 0 Å². The fourth-order valence-corrected chi connectivity index (χ4v) is 5.60. The summed E-state index contributed by atoms with van der Waals surface area (Å²) >= 11 is 0. The number of ketones is 1. The highest BCUT2D eigenvalue weighted by Crippen LogP contribution is 2.51. The quantitative estimate of drug-likeness (QED) is 0.611. The normalized spacial score (nSPS) is 43.4. The van der Waals surface area contributed by atoms with Crippen molar-refractivity contribution in [3.05, 3.63) is 35.9 Å². The first-order chi connectivity index (χ1) is 10.2. The van der Waals surface area contributed by atoms with Crippen molar-refractivity contribution in [2.24, 2.45) is 5.92 Å². The Bertz CT molecular complexity index is 603. The van der Waals surface area contributed by atoms with Gasteiger partial charge in [0.05, 0.1) is 5.54 Å². The minimum absolute atomic E-state index is 0.312. The Balaban J connectivity index is 1.45. The molecule has 4 unspecified atom stereocenters. The van der Waals surface area contributed by atoms with E-state index in [0.717, 1.165) is 29.3 Å². The summed E-state index contributed by atoms with van der Waals surface area (Å²) in [6.45, 7) is 7.79. The molecule has 0 radical (unpaired) electrons. The van der Waals surface area contributed by atoms with E-state index in [0.29, 0.717) is 17.9 Å². The van der Waals surface area contributed by atoms with Crippen LogP contribution in [-0.2, 0) is 0 Å². The minimum atomic E-state index is 0.312. The Morgan fingerprint density at radius 3 is 3.00 bits per heavy atom. The lowest BCUT2D eigenvalue weighted by atomic mass is 9.88. The molecule has 3 bridgehead atoms. The lowest BCUT2D eigenvalue weighted by molar-refractivity contribution is -0.926. The van der Waals surface area contributed by atoms with Crippen molar-refractivity contribution in [3.8, 4) is 0 Å². The first-order valence-corrected chi connectivity index (χ1v) is 8.10. The molecular weight excluding hydrogens is 262 g/mol. The van der Waals surface area contributed by atoms with Gasteiger partial charge in [-0.1, -0.05) is 30.3 Å². The number of hydrogen-bond acceptors (Lipinski definition) is 3. The third-order valence-electron chi connectivity index (χ3n) is 6.27. The molecule has 4 nitrogen and oxygen atoms in total. The summed E-state index contributed by atoms with van der Waals surface area (Å²) in [5, 5.41) is 0. The SMILES string of the molecule is O=C(C[N+]12CN3CC4CCN(C1)C4(C3)C2)c1ccccc1. The predicted molar refractivity (Wildman–Crippen MR) is 79.6 cm³/mol. The molecule has 1 aromatic rings. The fourth-order valence-electron chi connectivity index (χ4n) is 5.60. The van der Waals surface area contributed by atoms with E-state index in [4.69, 9.17) is 0 Å². The van der Waals surface area contributed by atoms with Gasteiger partial charge in [0.25, 0.3) is 0 Å². The Morgan fingerprint density at radius 2 is 2.14 bits per heavy atom. The molecule has 4 heterocycles. The van der Waals surface area contributed by atoms with Gasteiger partial charge in [0, 0.05) is 25.2 Å². The molecule has 4 aliphatic rings. The lowest BCUT2D eigenvalue weighted by Gasteiger charge is -2.40. The summed E-state index contributed by atoms with van der Waals surface area (Å²) in [5.41, 5.74) is 1.29. The van der Waals surface area contributed by atoms with Gasteiger partial charge in [0.15, 0.2) is 0 Å². The number of benzene rings is 1. The second-order valence-corrected chi connectivity index (χ2v) is 7.59. The molecule has 0 amide bonds. The van der Waals surface area contributed by atoms with Crippen LogP contribution < -0.4 is 0 Å². The molecule has 4 heteroatoms. The highest BCUT2D eigenvalue weighted by molar-refractivity contribution is 5.96. The van der Waals surface area contributed by atoms with E-state index in [1.165, 1.54) is 32.6 Å². The van der Waals surface area contributed by atoms with Crippen LogP contribution in [0, 0.1) is 5.92 Å². The molecule has 0 N–H and O–H groups in total. The topological polar surface area (TPSA) is 23.6 Å². The summed E-state index contributed by atoms with van der Waals surface area (Å²) < 4.78 is 0.976. The zero-order valence-corrected chi connectivity index (χ0v) is 12.4. The maximum absolute atomic E-state index is 12.7. The summed E-state index contributed by atoms with van der Waals surface area (Å²) in [6.07, 6.45) is 1.36. The first-order valence-electron chi connectivity index (χ1n) is 8.10. The van der Waals surface area contributed by atoms with Gasteiger partial charge in [-0.2, -0.15) is 0 Å². The van der Waals surface area contributed by atoms with Crippen molar-refractivity contribution in [1.82, 2.24) is 9.80 Å². The van der Waals surface area contributed by atoms with Crippen LogP contribution in [0.4, 0.5) is 0 Å². The Hall–Kier alpha value is -1.23. The molecule has 4 saturated heterocycles. The molecule has 1 aromatic carbocycles. The second-order valence-electron chi connectivity index (χ2n) is 7.59. The molecular formula is C17H22N3O+. The Labute approximate surface area is 125 Å². The molecule has 4 aliphatic heterocycles. The second kappa shape index (κ2) is 3.94. The van der Waals surface area contributed by atoms with E-state index in [-0.39, 0.29) is 0 Å². The van der Waals surface area contributed by atoms with Gasteiger partial charge in [0.2, 0.25) is 5.78 Å². The van der Waals surface area contributed by atoms with Crippen LogP contribution in [-0.4, -0.2) is 71.7 Å². The zero-order valence-electron chi connectivity index (χ0n) is 12.4. The van der Waals surface area contributed by atoms with Crippen LogP contribution in [0.5, 0.6) is 0 Å². The van der Waals surface area contributed by atoms with Gasteiger partial charge in [0.1, 0.15) is 26.4 Å². The molecule has 4 atom stereocenters. The van der Waals surface area contributed by atoms with Gasteiger partial charge in [-0.25, -0.2) is 4.90 Å². The minimum Gasteiger partial charge on any atom is -0.290 e. The number of quaternary nitrogens is 1. The Kier molecular flexibility index (Phi) is 2.31. The van der Waals surface area contributed by atoms with Crippen LogP contribution in [0.3, 0.4) is 0 Å². The van der Waals surface area contributed by atoms with Crippen LogP contribution in [0.15, 0.2) is 30.3 Å². The molecule has 1 spiro atoms. The molecule has 0 aromatic heterocycles. The van der Waals surface area contributed by atoms with Gasteiger partial charge in [-0.15, -0.1) is 0 Å². The standard InChI is InChI=1S/C17H22N3O/c21-16(14-4-2-1-3-5-14)9-20-11-17-10-18(12-20)8-15(17)6-7-19(17)13-20/h1-5,15H,6-13H2/q+1. The maximum Gasteiger partial charge on any atom is 0.217 e. The van der Waals surface area contributed by atoms with Crippen LogP contribution >= 0.6 is 0 Å². The molecule has 4 fully saturated rings. The number of hydrogen-bond donors (Lipinski definition) is 0. The van der Waals surface area contributed by atoms with Crippen molar-refractivity contribution < 1.29 is 9.28 Å². The van der Waals surface area contributed by atoms with E-state index < -0.39 is 0 Å². The van der Waals surface area contributed by atoms with E-state index in [2.05, 4.69) is 9.80 Å². The number of fused-ring (bicyclic) bond motifs is 2. The van der Waals surface area contributed by atoms with E-state index in [1.54, 1.807) is 0 Å². The molecule has 0 aliphatic carbocycles. The monoisotopic (exact) mass is 284 g/mol. The number of nitrogens with zero attached hydrogens (tertiary/aromatic N) is 3. The smallest absolute Gasteiger partial charge is 0.217 e. The zero-order chi connectivity index (χ0) is 14.1. The van der Waals surface area contributed by atoms with Gasteiger partial charge in [-0.3, -0.25) is 14.2 Å². The highest BCUT2D eigenvalue weighted by atomic mass is 16.1. The predicted octanol–water partition coefficient (Wildman–Crippen LogP) is 1.00. The maximum atomic E-state index is 12.7. The average Bonchev–Trinajstić information content (AvgIpc) is 3.01. The fraction of sp³-hybridized carbons (Fsp3) is 0.588. The van der Waals surface area contributed by atoms with E-state index in [1.807, 2.05) is 30.3 Å². The van der Waals surface area contributed by atoms with E-state index >= 15 is 0 Å². The Morgan fingerprint density at radius 1 is 1.29 bits per heavy atom. The van der Waals surface area contributed by atoms with E-state index in [9.17, 15) is 4.79 Å². The summed E-state index contributed by atoms with van der Waals surface area (Å²) in [7, 11) is 0. The summed E-state index contributed by atoms with van der Waals surface area (Å²) in [5.74, 6) is 1.17. The number of Topliss-reactive ketones (excluding diaryl/α,β-unsaturated/α-hetero) is 1. The van der Waals surface area contributed by atoms with Gasteiger partial charge in [-0.05, 0) is 12.3 Å². The largest absolute Gasteiger partial charge is 0.290 e. The van der Waals surface area contributed by atoms with Gasteiger partial charge >= 0.3 is 0 Å². The third kappa shape index (κ3) is 1.58. The van der Waals surface area contributed by atoms with Crippen LogP contribution in [0.1, 0.15) is 16.8 Å². The summed E-state index contributed by atoms with van der Waals surface area (Å²) in [6, 6.07) is 9.82. The number of carbonyl (C=O) groups is 1. The molecule has 21 heavy (non-hydrogen) atoms. The molecule has 0 saturated carbocycles. The van der Waals surface area contributed by atoms with Crippen molar-refractivity contribution >= 4 is 5.78 Å².